The summed E-state index contributed by atoms with van der Waals surface area (Å²) < 4.78 is 60.1. The molecule has 0 amide bonds. The maximum atomic E-state index is 11.5. The number of H-pyrrole nitrogens is 1. The highest BCUT2D eigenvalue weighted by atomic mass is 31.2. The van der Waals surface area contributed by atoms with Gasteiger partial charge in [-0.05, 0) is 19.8 Å². The summed E-state index contributed by atoms with van der Waals surface area (Å²) in [5.41, 5.74) is -0.382. The summed E-state index contributed by atoms with van der Waals surface area (Å²) in [6, 6.07) is 0. The number of aliphatic hydroxyl groups excluding tert-OH is 1. The van der Waals surface area contributed by atoms with Gasteiger partial charge in [0.25, 0.3) is 5.56 Å². The van der Waals surface area contributed by atoms with E-state index in [-0.39, 0.29) is 24.5 Å². The van der Waals surface area contributed by atoms with Crippen molar-refractivity contribution >= 4 is 46.9 Å². The third-order valence-corrected chi connectivity index (χ3v) is 2.74. The monoisotopic (exact) mass is 814 g/mol. The van der Waals surface area contributed by atoms with E-state index in [4.69, 9.17) is 125 Å². The van der Waals surface area contributed by atoms with Crippen LogP contribution in [0.25, 0.3) is 0 Å². The van der Waals surface area contributed by atoms with Crippen molar-refractivity contribution in [3.8, 4) is 0 Å². The van der Waals surface area contributed by atoms with E-state index < -0.39 is 52.6 Å². The Morgan fingerprint density at radius 1 is 0.630 bits per heavy atom. The van der Waals surface area contributed by atoms with Crippen LogP contribution in [0.2, 0.25) is 0 Å². The zero-order valence-electron chi connectivity index (χ0n) is 22.2. The van der Waals surface area contributed by atoms with Gasteiger partial charge in [0.05, 0.1) is 12.7 Å². The molecule has 0 aliphatic carbocycles. The molecule has 1 aliphatic rings. The molecule has 0 bridgehead atoms. The van der Waals surface area contributed by atoms with Crippen LogP contribution in [0.4, 0.5) is 0 Å². The minimum atomic E-state index is -4.64. The zero-order chi connectivity index (χ0) is 38.7. The molecule has 1 aromatic rings. The van der Waals surface area contributed by atoms with Crippen LogP contribution in [0.15, 0.2) is 15.8 Å². The topological polar surface area (TPSA) is 551 Å². The predicted octanol–water partition coefficient (Wildman–Crippen LogP) is -6.06. The molecule has 0 saturated carbocycles. The average Bonchev–Trinajstić information content (AvgIpc) is 3.12. The van der Waals surface area contributed by atoms with Gasteiger partial charge in [-0.15, -0.1) is 0 Å². The largest absolute Gasteiger partial charge is 0.466 e. The Kier molecular flexibility index (Phi) is 28.0. The highest BCUT2D eigenvalue weighted by molar-refractivity contribution is 7.46. The first-order valence-electron chi connectivity index (χ1n) is 9.89. The number of nitrogens with one attached hydrogen (secondary N) is 1. The number of aromatic amines is 1. The molecule has 280 valence electrons. The van der Waals surface area contributed by atoms with Crippen LogP contribution < -0.4 is 11.2 Å². The van der Waals surface area contributed by atoms with Crippen LogP contribution in [-0.4, -0.2) is 115 Å². The van der Waals surface area contributed by atoms with E-state index in [1.807, 2.05) is 0 Å². The maximum absolute atomic E-state index is 11.5. The molecule has 46 heavy (non-hydrogen) atoms. The SMILES string of the molecule is Cc1cn([C@H]2CC[C@@H](CO)O2)c(=O)[nH]c1=O.O=P(O)(O)O.O=P(O)(O)O.O=P(O)(O)O.O=P(O)(O)O.O=P(O)(O)O.O=P(O)(O)O. The van der Waals surface area contributed by atoms with Crippen molar-refractivity contribution in [3.63, 3.8) is 0 Å². The molecule has 20 N–H and O–H groups in total. The van der Waals surface area contributed by atoms with E-state index in [9.17, 15) is 9.59 Å². The fourth-order valence-electron chi connectivity index (χ4n) is 1.83. The van der Waals surface area contributed by atoms with E-state index in [0.717, 1.165) is 0 Å². The molecule has 0 aromatic carbocycles. The molecule has 1 fully saturated rings. The molecule has 0 spiro atoms. The van der Waals surface area contributed by atoms with Gasteiger partial charge in [0.2, 0.25) is 0 Å². The van der Waals surface area contributed by atoms with Gasteiger partial charge < -0.3 is 97.9 Å². The molecule has 1 aromatic heterocycles. The predicted molar refractivity (Wildman–Crippen MR) is 142 cm³/mol. The molecular weight excluding hydrogens is 782 g/mol. The summed E-state index contributed by atoms with van der Waals surface area (Å²) in [7, 11) is -27.8. The van der Waals surface area contributed by atoms with Gasteiger partial charge in [0, 0.05) is 11.8 Å². The van der Waals surface area contributed by atoms with Gasteiger partial charge in [-0.2, -0.15) is 0 Å². The van der Waals surface area contributed by atoms with Crippen molar-refractivity contribution in [1.29, 1.82) is 0 Å². The number of ether oxygens (including phenoxy) is 1. The first-order valence-corrected chi connectivity index (χ1v) is 19.3. The van der Waals surface area contributed by atoms with Crippen LogP contribution in [0.5, 0.6) is 0 Å². The molecule has 2 rings (SSSR count). The number of hydrogen-bond donors (Lipinski definition) is 20. The van der Waals surface area contributed by atoms with Crippen LogP contribution in [0.3, 0.4) is 0 Å². The number of nitrogens with zero attached hydrogens (tertiary/aromatic N) is 1. The Morgan fingerprint density at radius 3 is 1.11 bits per heavy atom. The second-order valence-electron chi connectivity index (χ2n) is 7.03. The van der Waals surface area contributed by atoms with Gasteiger partial charge in [-0.3, -0.25) is 14.3 Å². The zero-order valence-corrected chi connectivity index (χ0v) is 27.5. The summed E-state index contributed by atoms with van der Waals surface area (Å²) >= 11 is 0. The summed E-state index contributed by atoms with van der Waals surface area (Å²) in [6.45, 7) is 1.58. The third-order valence-electron chi connectivity index (χ3n) is 2.74. The Hall–Kier alpha value is -0.740. The van der Waals surface area contributed by atoms with Gasteiger partial charge in [-0.25, -0.2) is 32.2 Å². The van der Waals surface area contributed by atoms with Crippen LogP contribution >= 0.6 is 46.9 Å². The third kappa shape index (κ3) is 84.4. The molecule has 1 aliphatic heterocycles. The first kappa shape index (κ1) is 54.7. The summed E-state index contributed by atoms with van der Waals surface area (Å²) in [4.78, 5) is 154. The lowest BCUT2D eigenvalue weighted by Gasteiger charge is -2.14. The first-order chi connectivity index (χ1) is 19.6. The van der Waals surface area contributed by atoms with E-state index in [2.05, 4.69) is 4.98 Å². The Labute approximate surface area is 253 Å². The number of rotatable bonds is 2. The van der Waals surface area contributed by atoms with Crippen molar-refractivity contribution in [2.24, 2.45) is 0 Å². The standard InChI is InChI=1S/C10H14N2O4.6H3O4P/c1-6-4-12(10(15)11-9(6)14)8-3-2-7(5-13)16-8;6*1-5(2,3)4/h4,7-8,13H,2-3,5H2,1H3,(H,11,14,15);6*(H3,1,2,3,4)/t7-,8+;;;;;;/m0....../s1. The Bertz CT molecular complexity index is 1180. The van der Waals surface area contributed by atoms with Gasteiger partial charge >= 0.3 is 52.6 Å². The van der Waals surface area contributed by atoms with Crippen LogP contribution in [-0.2, 0) is 32.1 Å². The molecule has 36 heteroatoms. The molecule has 0 radical (unpaired) electrons. The summed E-state index contributed by atoms with van der Waals surface area (Å²) in [6.07, 6.45) is 2.26. The van der Waals surface area contributed by atoms with Crippen LogP contribution in [0, 0.1) is 6.92 Å². The van der Waals surface area contributed by atoms with E-state index in [0.29, 0.717) is 18.4 Å². The Morgan fingerprint density at radius 2 is 0.891 bits per heavy atom. The van der Waals surface area contributed by atoms with Gasteiger partial charge in [0.1, 0.15) is 6.23 Å². The molecule has 0 unspecified atom stereocenters. The van der Waals surface area contributed by atoms with Crippen molar-refractivity contribution < 1.29 is 125 Å². The number of aryl methyl sites for hydroxylation is 1. The number of hydrogen-bond acceptors (Lipinski definition) is 10. The summed E-state index contributed by atoms with van der Waals surface area (Å²) in [5.74, 6) is 0. The normalized spacial score (nSPS) is 16.3. The smallest absolute Gasteiger partial charge is 0.394 e. The van der Waals surface area contributed by atoms with Crippen molar-refractivity contribution in [2.45, 2.75) is 32.1 Å². The fraction of sp³-hybridized carbons (Fsp3) is 0.600. The second-order valence-corrected chi connectivity index (χ2v) is 13.2. The lowest BCUT2D eigenvalue weighted by atomic mass is 10.2. The minimum absolute atomic E-state index is 0.0480. The molecule has 1 saturated heterocycles. The number of aromatic nitrogens is 2. The lowest BCUT2D eigenvalue weighted by Crippen LogP contribution is -2.33. The number of phosphoric acid groups is 6. The highest BCUT2D eigenvalue weighted by Crippen LogP contribution is 2.28. The lowest BCUT2D eigenvalue weighted by molar-refractivity contribution is -0.0247. The van der Waals surface area contributed by atoms with Crippen molar-refractivity contribution in [3.05, 3.63) is 32.6 Å². The van der Waals surface area contributed by atoms with Gasteiger partial charge in [-0.1, -0.05) is 0 Å². The second kappa shape index (κ2) is 23.6. The summed E-state index contributed by atoms with van der Waals surface area (Å²) in [5, 5.41) is 8.93. The molecular formula is C10H32N2O28P6. The van der Waals surface area contributed by atoms with E-state index >= 15 is 0 Å². The molecule has 2 atom stereocenters. The van der Waals surface area contributed by atoms with E-state index in [1.165, 1.54) is 10.8 Å². The number of aliphatic hydroxyl groups is 1. The van der Waals surface area contributed by atoms with Gasteiger partial charge in [0.15, 0.2) is 0 Å². The molecule has 30 nitrogen and oxygen atoms in total. The fourth-order valence-corrected chi connectivity index (χ4v) is 1.83. The van der Waals surface area contributed by atoms with Crippen LogP contribution in [0.1, 0.15) is 24.6 Å². The minimum Gasteiger partial charge on any atom is -0.394 e. The molecule has 2 heterocycles. The maximum Gasteiger partial charge on any atom is 0.466 e. The van der Waals surface area contributed by atoms with E-state index in [1.54, 1.807) is 6.92 Å². The quantitative estimate of drug-likeness (QED) is 0.124. The van der Waals surface area contributed by atoms with Crippen molar-refractivity contribution in [2.75, 3.05) is 6.61 Å². The average molecular weight is 814 g/mol. The van der Waals surface area contributed by atoms with Crippen molar-refractivity contribution in [1.82, 2.24) is 9.55 Å². The Balaban J connectivity index is -0.000000157. The highest BCUT2D eigenvalue weighted by Gasteiger charge is 2.26.